The summed E-state index contributed by atoms with van der Waals surface area (Å²) in [5.74, 6) is 0. The lowest BCUT2D eigenvalue weighted by Gasteiger charge is -2.23. The van der Waals surface area contributed by atoms with Crippen LogP contribution in [0, 0.1) is 0 Å². The van der Waals surface area contributed by atoms with Gasteiger partial charge in [-0.05, 0) is 18.2 Å². The first-order valence-corrected chi connectivity index (χ1v) is 6.80. The number of aromatic nitrogens is 1. The lowest BCUT2D eigenvalue weighted by molar-refractivity contribution is -0.310. The van der Waals surface area contributed by atoms with E-state index in [2.05, 4.69) is 85.4 Å². The molecule has 0 fully saturated rings. The van der Waals surface area contributed by atoms with Gasteiger partial charge in [0.25, 0.3) is 0 Å². The highest BCUT2D eigenvalue weighted by Crippen LogP contribution is 2.34. The minimum absolute atomic E-state index is 0. The number of halogens is 1. The first-order chi connectivity index (χ1) is 9.58. The molecule has 0 saturated heterocycles. The highest BCUT2D eigenvalue weighted by atomic mass is 127. The number of anilines is 2. The van der Waals surface area contributed by atoms with Crippen molar-refractivity contribution in [2.24, 2.45) is 0 Å². The van der Waals surface area contributed by atoms with Gasteiger partial charge in [-0.1, -0.05) is 12.1 Å². The van der Waals surface area contributed by atoms with Crippen LogP contribution in [0.2, 0.25) is 0 Å². The third-order valence-corrected chi connectivity index (χ3v) is 3.65. The van der Waals surface area contributed by atoms with Gasteiger partial charge in [0.05, 0.1) is 16.8 Å². The highest BCUT2D eigenvalue weighted by Gasteiger charge is 2.15. The lowest BCUT2D eigenvalue weighted by atomic mass is 10.1. The van der Waals surface area contributed by atoms with Crippen LogP contribution >= 0.6 is 0 Å². The topological polar surface area (TPSA) is 20.6 Å². The van der Waals surface area contributed by atoms with Crippen molar-refractivity contribution in [2.45, 2.75) is 0 Å². The molecule has 4 heteroatoms. The van der Waals surface area contributed by atoms with Gasteiger partial charge in [0, 0.05) is 45.7 Å². The molecule has 3 nitrogen and oxygen atoms in total. The van der Waals surface area contributed by atoms with Crippen LogP contribution in [-0.2, 0) is 0 Å². The Labute approximate surface area is 142 Å². The van der Waals surface area contributed by atoms with Gasteiger partial charge in [-0.2, -0.15) is 0 Å². The van der Waals surface area contributed by atoms with Crippen molar-refractivity contribution in [2.75, 3.05) is 38.0 Å². The zero-order chi connectivity index (χ0) is 14.3. The maximum Gasteiger partial charge on any atom is 0.213 e. The average Bonchev–Trinajstić information content (AvgIpc) is 2.43. The second-order valence-electron chi connectivity index (χ2n) is 5.54. The van der Waals surface area contributed by atoms with Gasteiger partial charge in [-0.25, -0.2) is 4.98 Å². The molecule has 0 atom stereocenters. The Bertz CT molecular complexity index is 781. The number of hydrogen-bond donors (Lipinski definition) is 0. The van der Waals surface area contributed by atoms with E-state index in [9.17, 15) is 0 Å². The average molecular weight is 393 g/mol. The smallest absolute Gasteiger partial charge is 0.213 e. The summed E-state index contributed by atoms with van der Waals surface area (Å²) < 4.78 is 0. The van der Waals surface area contributed by atoms with Crippen molar-refractivity contribution in [3.05, 3.63) is 42.5 Å². The third-order valence-electron chi connectivity index (χ3n) is 3.65. The SMILES string of the molecule is CN(C)c1ccc2[nH+]c3ccccc3cc2c1N(C)C.[I-]. The van der Waals surface area contributed by atoms with Crippen molar-refractivity contribution in [1.29, 1.82) is 0 Å². The quantitative estimate of drug-likeness (QED) is 0.450. The number of nitrogens with one attached hydrogen (secondary N) is 1. The van der Waals surface area contributed by atoms with E-state index in [1.165, 1.54) is 27.7 Å². The van der Waals surface area contributed by atoms with Crippen LogP contribution in [0.25, 0.3) is 21.8 Å². The largest absolute Gasteiger partial charge is 1.00 e. The molecule has 1 heterocycles. The molecule has 0 radical (unpaired) electrons. The summed E-state index contributed by atoms with van der Waals surface area (Å²) in [5, 5.41) is 2.49. The molecule has 0 aliphatic rings. The van der Waals surface area contributed by atoms with E-state index < -0.39 is 0 Å². The standard InChI is InChI=1S/C17H19N3.HI/c1-19(2)16-10-9-15-13(17(16)20(3)4)11-12-7-5-6-8-14(12)18-15;/h5-11H,1-4H3;1H. The normalized spacial score (nSPS) is 10.5. The second kappa shape index (κ2) is 6.05. The number of rotatable bonds is 2. The molecule has 0 saturated carbocycles. The zero-order valence-corrected chi connectivity index (χ0v) is 15.0. The molecule has 3 rings (SSSR count). The van der Waals surface area contributed by atoms with E-state index in [4.69, 9.17) is 0 Å². The van der Waals surface area contributed by atoms with Crippen molar-refractivity contribution < 1.29 is 29.0 Å². The van der Waals surface area contributed by atoms with Crippen LogP contribution in [0.5, 0.6) is 0 Å². The van der Waals surface area contributed by atoms with Gasteiger partial charge in [0.15, 0.2) is 0 Å². The van der Waals surface area contributed by atoms with E-state index in [1.807, 2.05) is 0 Å². The van der Waals surface area contributed by atoms with Crippen molar-refractivity contribution in [3.63, 3.8) is 0 Å². The van der Waals surface area contributed by atoms with Crippen LogP contribution in [0.15, 0.2) is 42.5 Å². The van der Waals surface area contributed by atoms with E-state index in [0.717, 1.165) is 5.52 Å². The second-order valence-corrected chi connectivity index (χ2v) is 5.54. The molecule has 0 aliphatic heterocycles. The molecule has 1 aromatic heterocycles. The Morgan fingerprint density at radius 3 is 2.19 bits per heavy atom. The number of pyridine rings is 1. The van der Waals surface area contributed by atoms with Crippen LogP contribution < -0.4 is 38.8 Å². The number of para-hydroxylation sites is 1. The molecule has 0 bridgehead atoms. The van der Waals surface area contributed by atoms with Crippen molar-refractivity contribution >= 4 is 33.2 Å². The molecule has 0 amide bonds. The van der Waals surface area contributed by atoms with Crippen LogP contribution in [0.4, 0.5) is 11.4 Å². The number of aromatic amines is 1. The Hall–Kier alpha value is -1.56. The molecule has 2 aromatic carbocycles. The van der Waals surface area contributed by atoms with E-state index in [-0.39, 0.29) is 24.0 Å². The molecule has 3 aromatic rings. The Morgan fingerprint density at radius 1 is 0.810 bits per heavy atom. The minimum atomic E-state index is 0. The summed E-state index contributed by atoms with van der Waals surface area (Å²) in [4.78, 5) is 7.86. The Balaban J connectivity index is 0.00000161. The number of H-pyrrole nitrogens is 1. The summed E-state index contributed by atoms with van der Waals surface area (Å²) in [7, 11) is 8.35. The number of benzene rings is 2. The molecule has 0 aliphatic carbocycles. The molecule has 0 spiro atoms. The number of nitrogens with zero attached hydrogens (tertiary/aromatic N) is 2. The van der Waals surface area contributed by atoms with Crippen LogP contribution in [0.3, 0.4) is 0 Å². The van der Waals surface area contributed by atoms with Gasteiger partial charge in [-0.3, -0.25) is 0 Å². The number of fused-ring (bicyclic) bond motifs is 2. The fourth-order valence-electron chi connectivity index (χ4n) is 2.72. The maximum atomic E-state index is 3.53. The van der Waals surface area contributed by atoms with Gasteiger partial charge in [0.2, 0.25) is 11.0 Å². The Morgan fingerprint density at radius 2 is 1.52 bits per heavy atom. The molecule has 1 N–H and O–H groups in total. The fraction of sp³-hybridized carbons (Fsp3) is 0.235. The minimum Gasteiger partial charge on any atom is -1.00 e. The summed E-state index contributed by atoms with van der Waals surface area (Å²) in [5.41, 5.74) is 4.81. The summed E-state index contributed by atoms with van der Waals surface area (Å²) >= 11 is 0. The first kappa shape index (κ1) is 15.8. The maximum absolute atomic E-state index is 3.53. The predicted octanol–water partition coefficient (Wildman–Crippen LogP) is -0.0569. The van der Waals surface area contributed by atoms with Gasteiger partial charge >= 0.3 is 0 Å². The van der Waals surface area contributed by atoms with E-state index >= 15 is 0 Å². The third kappa shape index (κ3) is 2.77. The van der Waals surface area contributed by atoms with Crippen LogP contribution in [-0.4, -0.2) is 28.2 Å². The monoisotopic (exact) mass is 393 g/mol. The molecule has 21 heavy (non-hydrogen) atoms. The van der Waals surface area contributed by atoms with E-state index in [1.54, 1.807) is 0 Å². The highest BCUT2D eigenvalue weighted by molar-refractivity contribution is 6.01. The molecular weight excluding hydrogens is 373 g/mol. The number of hydrogen-bond acceptors (Lipinski definition) is 2. The first-order valence-electron chi connectivity index (χ1n) is 6.80. The molecule has 0 unspecified atom stereocenters. The predicted molar refractivity (Wildman–Crippen MR) is 86.7 cm³/mol. The van der Waals surface area contributed by atoms with Gasteiger partial charge in [-0.15, -0.1) is 0 Å². The van der Waals surface area contributed by atoms with Crippen molar-refractivity contribution in [1.82, 2.24) is 0 Å². The Kier molecular flexibility index (Phi) is 4.56. The molecule has 110 valence electrons. The van der Waals surface area contributed by atoms with Gasteiger partial charge < -0.3 is 33.8 Å². The van der Waals surface area contributed by atoms with E-state index in [0.29, 0.717) is 0 Å². The fourth-order valence-corrected chi connectivity index (χ4v) is 2.72. The van der Waals surface area contributed by atoms with Crippen molar-refractivity contribution in [3.8, 4) is 0 Å². The summed E-state index contributed by atoms with van der Waals surface area (Å²) in [6.07, 6.45) is 0. The summed E-state index contributed by atoms with van der Waals surface area (Å²) in [6, 6.07) is 15.0. The molecular formula is C17H20IN3. The zero-order valence-electron chi connectivity index (χ0n) is 12.8. The van der Waals surface area contributed by atoms with Crippen LogP contribution in [0.1, 0.15) is 0 Å². The van der Waals surface area contributed by atoms with Gasteiger partial charge in [0.1, 0.15) is 0 Å². The summed E-state index contributed by atoms with van der Waals surface area (Å²) in [6.45, 7) is 0. The lowest BCUT2D eigenvalue weighted by Crippen LogP contribution is -3.00.